The van der Waals surface area contributed by atoms with Gasteiger partial charge in [-0.2, -0.15) is 0 Å². The topological polar surface area (TPSA) is 34.1 Å². The van der Waals surface area contributed by atoms with Crippen molar-refractivity contribution in [3.63, 3.8) is 0 Å². The summed E-state index contributed by atoms with van der Waals surface area (Å²) >= 11 is 3.65. The first kappa shape index (κ1) is 13.6. The highest BCUT2D eigenvalue weighted by Crippen LogP contribution is 2.32. The van der Waals surface area contributed by atoms with Gasteiger partial charge in [-0.15, -0.1) is 0 Å². The van der Waals surface area contributed by atoms with Crippen LogP contribution in [0.1, 0.15) is 24.6 Å². The third-order valence-corrected chi connectivity index (χ3v) is 4.23. The van der Waals surface area contributed by atoms with E-state index in [9.17, 15) is 0 Å². The Morgan fingerprint density at radius 2 is 2.20 bits per heavy atom. The average molecular weight is 333 g/mol. The molecule has 2 heterocycles. The largest absolute Gasteiger partial charge is 0.501 e. The van der Waals surface area contributed by atoms with Crippen LogP contribution in [0.2, 0.25) is 0 Å². The lowest BCUT2D eigenvalue weighted by atomic mass is 9.98. The number of aromatic nitrogens is 1. The van der Waals surface area contributed by atoms with Crippen LogP contribution in [-0.2, 0) is 4.74 Å². The standard InChI is InChI=1S/C16H17BrN2O/c1-18-15(12-6-4-8-20-10-12)16-13(17)9-11-5-2-3-7-14(11)19-16/h2-3,5,7,9-10,15,18H,4,6,8H2,1H3. The fourth-order valence-electron chi connectivity index (χ4n) is 2.60. The van der Waals surface area contributed by atoms with E-state index in [1.807, 2.05) is 31.5 Å². The van der Waals surface area contributed by atoms with Gasteiger partial charge in [0.2, 0.25) is 0 Å². The normalized spacial score (nSPS) is 16.6. The van der Waals surface area contributed by atoms with Crippen molar-refractivity contribution in [2.24, 2.45) is 0 Å². The number of rotatable bonds is 3. The Labute approximate surface area is 127 Å². The van der Waals surface area contributed by atoms with Crippen LogP contribution in [0.4, 0.5) is 0 Å². The van der Waals surface area contributed by atoms with E-state index in [4.69, 9.17) is 9.72 Å². The van der Waals surface area contributed by atoms with Crippen LogP contribution in [0.15, 0.2) is 46.6 Å². The molecule has 20 heavy (non-hydrogen) atoms. The molecule has 3 rings (SSSR count). The summed E-state index contributed by atoms with van der Waals surface area (Å²) in [5.74, 6) is 0. The number of para-hydroxylation sites is 1. The Kier molecular flexibility index (Phi) is 4.03. The predicted octanol–water partition coefficient (Wildman–Crippen LogP) is 3.95. The highest BCUT2D eigenvalue weighted by molar-refractivity contribution is 9.10. The predicted molar refractivity (Wildman–Crippen MR) is 84.5 cm³/mol. The van der Waals surface area contributed by atoms with E-state index in [0.29, 0.717) is 0 Å². The van der Waals surface area contributed by atoms with Gasteiger partial charge in [-0.25, -0.2) is 4.98 Å². The van der Waals surface area contributed by atoms with Crippen LogP contribution in [0, 0.1) is 0 Å². The van der Waals surface area contributed by atoms with Crippen LogP contribution < -0.4 is 5.32 Å². The van der Waals surface area contributed by atoms with Gasteiger partial charge < -0.3 is 10.1 Å². The van der Waals surface area contributed by atoms with Gasteiger partial charge in [-0.05, 0) is 53.5 Å². The van der Waals surface area contributed by atoms with Gasteiger partial charge in [-0.1, -0.05) is 18.2 Å². The maximum atomic E-state index is 5.47. The van der Waals surface area contributed by atoms with E-state index in [1.165, 1.54) is 5.57 Å². The molecule has 1 unspecified atom stereocenters. The number of hydrogen-bond donors (Lipinski definition) is 1. The second-order valence-electron chi connectivity index (χ2n) is 4.94. The van der Waals surface area contributed by atoms with Crippen molar-refractivity contribution in [3.8, 4) is 0 Å². The monoisotopic (exact) mass is 332 g/mol. The molecule has 0 amide bonds. The van der Waals surface area contributed by atoms with Crippen LogP contribution in [0.25, 0.3) is 10.9 Å². The maximum absolute atomic E-state index is 5.47. The minimum Gasteiger partial charge on any atom is -0.501 e. The summed E-state index contributed by atoms with van der Waals surface area (Å²) in [7, 11) is 1.96. The van der Waals surface area contributed by atoms with Crippen molar-refractivity contribution in [1.82, 2.24) is 10.3 Å². The van der Waals surface area contributed by atoms with Gasteiger partial charge in [-0.3, -0.25) is 0 Å². The molecule has 0 fully saturated rings. The summed E-state index contributed by atoms with van der Waals surface area (Å²) in [6, 6.07) is 10.4. The number of benzene rings is 1. The third kappa shape index (κ3) is 2.58. The molecule has 1 N–H and O–H groups in total. The molecule has 1 aromatic carbocycles. The Morgan fingerprint density at radius 3 is 2.95 bits per heavy atom. The third-order valence-electron chi connectivity index (χ3n) is 3.60. The number of ether oxygens (including phenoxy) is 1. The fourth-order valence-corrected chi connectivity index (χ4v) is 3.17. The summed E-state index contributed by atoms with van der Waals surface area (Å²) in [6.45, 7) is 0.812. The minimum absolute atomic E-state index is 0.0919. The Morgan fingerprint density at radius 1 is 1.35 bits per heavy atom. The van der Waals surface area contributed by atoms with E-state index in [-0.39, 0.29) is 6.04 Å². The first-order valence-corrected chi connectivity index (χ1v) is 7.62. The van der Waals surface area contributed by atoms with Crippen molar-refractivity contribution in [3.05, 3.63) is 52.3 Å². The SMILES string of the molecule is CNC(C1=COCCC1)c1nc2ccccc2cc1Br. The zero-order valence-electron chi connectivity index (χ0n) is 11.4. The lowest BCUT2D eigenvalue weighted by Gasteiger charge is -2.23. The zero-order chi connectivity index (χ0) is 13.9. The van der Waals surface area contributed by atoms with Crippen molar-refractivity contribution >= 4 is 26.8 Å². The van der Waals surface area contributed by atoms with E-state index in [0.717, 1.165) is 40.5 Å². The number of pyridine rings is 1. The molecule has 4 heteroatoms. The van der Waals surface area contributed by atoms with Gasteiger partial charge in [0.05, 0.1) is 30.1 Å². The van der Waals surface area contributed by atoms with Crippen molar-refractivity contribution < 1.29 is 4.74 Å². The van der Waals surface area contributed by atoms with Crippen molar-refractivity contribution in [1.29, 1.82) is 0 Å². The second-order valence-corrected chi connectivity index (χ2v) is 5.79. The summed E-state index contributed by atoms with van der Waals surface area (Å²) in [5.41, 5.74) is 3.29. The number of likely N-dealkylation sites (N-methyl/N-ethyl adjacent to an activating group) is 1. The Balaban J connectivity index is 2.06. The molecule has 0 aliphatic carbocycles. The highest BCUT2D eigenvalue weighted by atomic mass is 79.9. The molecular weight excluding hydrogens is 316 g/mol. The van der Waals surface area contributed by atoms with Crippen LogP contribution in [0.5, 0.6) is 0 Å². The lowest BCUT2D eigenvalue weighted by molar-refractivity contribution is 0.219. The Hall–Kier alpha value is -1.39. The van der Waals surface area contributed by atoms with Gasteiger partial charge in [0.25, 0.3) is 0 Å². The molecule has 0 bridgehead atoms. The molecule has 3 nitrogen and oxygen atoms in total. The lowest BCUT2D eigenvalue weighted by Crippen LogP contribution is -2.22. The summed E-state index contributed by atoms with van der Waals surface area (Å²) in [5, 5.41) is 4.50. The molecule has 1 aliphatic rings. The maximum Gasteiger partial charge on any atom is 0.0876 e. The zero-order valence-corrected chi connectivity index (χ0v) is 13.0. The number of fused-ring (bicyclic) bond motifs is 1. The van der Waals surface area contributed by atoms with Gasteiger partial charge in [0.1, 0.15) is 0 Å². The first-order valence-electron chi connectivity index (χ1n) is 6.82. The molecule has 104 valence electrons. The molecular formula is C16H17BrN2O. The molecule has 1 aliphatic heterocycles. The van der Waals surface area contributed by atoms with Gasteiger partial charge >= 0.3 is 0 Å². The fraction of sp³-hybridized carbons (Fsp3) is 0.312. The molecule has 0 saturated heterocycles. The molecule has 2 aromatic rings. The number of nitrogens with zero attached hydrogens (tertiary/aromatic N) is 1. The first-order chi connectivity index (χ1) is 9.79. The van der Waals surface area contributed by atoms with Crippen LogP contribution in [-0.4, -0.2) is 18.6 Å². The minimum atomic E-state index is 0.0919. The molecule has 0 saturated carbocycles. The van der Waals surface area contributed by atoms with E-state index in [2.05, 4.69) is 33.4 Å². The molecule has 1 atom stereocenters. The highest BCUT2D eigenvalue weighted by Gasteiger charge is 2.21. The molecule has 0 radical (unpaired) electrons. The van der Waals surface area contributed by atoms with Crippen molar-refractivity contribution in [2.75, 3.05) is 13.7 Å². The summed E-state index contributed by atoms with van der Waals surface area (Å²) in [6.07, 6.45) is 4.00. The summed E-state index contributed by atoms with van der Waals surface area (Å²) in [4.78, 5) is 4.82. The smallest absolute Gasteiger partial charge is 0.0876 e. The molecule has 1 aromatic heterocycles. The number of hydrogen-bond acceptors (Lipinski definition) is 3. The number of halogens is 1. The summed E-state index contributed by atoms with van der Waals surface area (Å²) < 4.78 is 6.50. The number of nitrogens with one attached hydrogen (secondary N) is 1. The average Bonchev–Trinajstić information content (AvgIpc) is 2.49. The molecule has 0 spiro atoms. The van der Waals surface area contributed by atoms with E-state index >= 15 is 0 Å². The van der Waals surface area contributed by atoms with E-state index in [1.54, 1.807) is 0 Å². The van der Waals surface area contributed by atoms with Crippen molar-refractivity contribution in [2.45, 2.75) is 18.9 Å². The van der Waals surface area contributed by atoms with Crippen LogP contribution >= 0.6 is 15.9 Å². The van der Waals surface area contributed by atoms with E-state index < -0.39 is 0 Å². The second kappa shape index (κ2) is 5.94. The van der Waals surface area contributed by atoms with Crippen LogP contribution in [0.3, 0.4) is 0 Å². The van der Waals surface area contributed by atoms with Gasteiger partial charge in [0, 0.05) is 9.86 Å². The Bertz CT molecular complexity index is 654. The van der Waals surface area contributed by atoms with Gasteiger partial charge in [0.15, 0.2) is 0 Å². The quantitative estimate of drug-likeness (QED) is 0.923.